The fourth-order valence-electron chi connectivity index (χ4n) is 11.5. The SMILES string of the molecule is CNC(=O)c1cccc(-c2ccc3c(N4CCOC[C@@H]4C)nc(N4CCO[C@@]5(CC(CNC(=O)c6cccc(-c7ccc8c(N9CCOC[C@@H]9C)nc(N9CCO[C@]%10(CCS(=O)C%10)C9)nc8n7)c6)S(=O)C5)C4)nc3n2)c1. The molecule has 10 heterocycles. The Labute approximate surface area is 445 Å². The van der Waals surface area contributed by atoms with Gasteiger partial charge in [-0.25, -0.2) is 9.97 Å². The zero-order valence-corrected chi connectivity index (χ0v) is 44.6. The van der Waals surface area contributed by atoms with Crippen molar-refractivity contribution in [1.82, 2.24) is 40.5 Å². The minimum atomic E-state index is -1.30. The van der Waals surface area contributed by atoms with Crippen LogP contribution >= 0.6 is 0 Å². The maximum Gasteiger partial charge on any atom is 0.251 e. The average molecular weight is 1070 g/mol. The molecular formula is C54H62N12O8S2. The average Bonchev–Trinajstić information content (AvgIpc) is 3.96. The van der Waals surface area contributed by atoms with E-state index in [1.807, 2.05) is 60.7 Å². The predicted molar refractivity (Wildman–Crippen MR) is 292 cm³/mol. The summed E-state index contributed by atoms with van der Waals surface area (Å²) in [6, 6.07) is 22.8. The van der Waals surface area contributed by atoms with E-state index in [1.54, 1.807) is 19.2 Å². The molecule has 6 fully saturated rings. The first-order chi connectivity index (χ1) is 36.9. The number of nitrogens with zero attached hydrogens (tertiary/aromatic N) is 10. The molecule has 3 unspecified atom stereocenters. The fourth-order valence-corrected chi connectivity index (χ4v) is 15.0. The predicted octanol–water partition coefficient (Wildman–Crippen LogP) is 3.76. The first kappa shape index (κ1) is 50.5. The highest BCUT2D eigenvalue weighted by atomic mass is 32.2. The van der Waals surface area contributed by atoms with Gasteiger partial charge in [-0.2, -0.15) is 19.9 Å². The number of hydrogen-bond donors (Lipinski definition) is 2. The van der Waals surface area contributed by atoms with Gasteiger partial charge >= 0.3 is 0 Å². The van der Waals surface area contributed by atoms with Crippen LogP contribution in [0, 0.1) is 0 Å². The minimum Gasteiger partial charge on any atom is -0.377 e. The Bertz CT molecular complexity index is 3280. The maximum absolute atomic E-state index is 14.0. The van der Waals surface area contributed by atoms with Gasteiger partial charge in [0.05, 0.1) is 115 Å². The number of morpholine rings is 4. The lowest BCUT2D eigenvalue weighted by Gasteiger charge is -2.40. The summed E-state index contributed by atoms with van der Waals surface area (Å²) in [6.45, 7) is 11.0. The Kier molecular flexibility index (Phi) is 13.9. The summed E-state index contributed by atoms with van der Waals surface area (Å²) in [5.74, 6) is 3.60. The Morgan fingerprint density at radius 2 is 1.21 bits per heavy atom. The molecule has 0 saturated carbocycles. The van der Waals surface area contributed by atoms with Crippen LogP contribution in [0.1, 0.15) is 47.4 Å². The molecule has 2 spiro atoms. The van der Waals surface area contributed by atoms with Gasteiger partial charge < -0.3 is 49.2 Å². The second kappa shape index (κ2) is 20.9. The topological polar surface area (TPSA) is 220 Å². The number of hydrogen-bond acceptors (Lipinski definition) is 18. The van der Waals surface area contributed by atoms with Crippen LogP contribution in [0.4, 0.5) is 23.5 Å². The highest BCUT2D eigenvalue weighted by Crippen LogP contribution is 2.38. The lowest BCUT2D eigenvalue weighted by molar-refractivity contribution is -0.0392. The van der Waals surface area contributed by atoms with Crippen LogP contribution in [0.15, 0.2) is 72.8 Å². The summed E-state index contributed by atoms with van der Waals surface area (Å²) in [7, 11) is -0.601. The molecule has 4 aromatic heterocycles. The maximum atomic E-state index is 14.0. The molecule has 6 aliphatic rings. The van der Waals surface area contributed by atoms with Gasteiger partial charge in [0, 0.05) is 89.4 Å². The highest BCUT2D eigenvalue weighted by molar-refractivity contribution is 7.86. The van der Waals surface area contributed by atoms with Crippen molar-refractivity contribution >= 4 is 79.0 Å². The van der Waals surface area contributed by atoms with E-state index in [1.165, 1.54) is 0 Å². The van der Waals surface area contributed by atoms with Gasteiger partial charge in [-0.15, -0.1) is 0 Å². The number of nitrogens with one attached hydrogen (secondary N) is 2. The molecule has 2 N–H and O–H groups in total. The summed E-state index contributed by atoms with van der Waals surface area (Å²) in [5, 5.41) is 7.07. The van der Waals surface area contributed by atoms with Crippen LogP contribution in [0.2, 0.25) is 0 Å². The van der Waals surface area contributed by atoms with E-state index in [4.69, 9.17) is 48.9 Å². The number of anilines is 4. The number of ether oxygens (including phenoxy) is 4. The Morgan fingerprint density at radius 3 is 1.75 bits per heavy atom. The van der Waals surface area contributed by atoms with Gasteiger partial charge in [-0.3, -0.25) is 18.0 Å². The van der Waals surface area contributed by atoms with Crippen molar-refractivity contribution in [2.24, 2.45) is 0 Å². The van der Waals surface area contributed by atoms with E-state index in [9.17, 15) is 18.0 Å². The fraction of sp³-hybridized carbons (Fsp3) is 0.481. The molecule has 0 bridgehead atoms. The summed E-state index contributed by atoms with van der Waals surface area (Å²) in [6.07, 6.45) is 1.21. The second-order valence-corrected chi connectivity index (χ2v) is 24.1. The van der Waals surface area contributed by atoms with Crippen molar-refractivity contribution in [1.29, 1.82) is 0 Å². The van der Waals surface area contributed by atoms with Gasteiger partial charge in [0.2, 0.25) is 11.9 Å². The lowest BCUT2D eigenvalue weighted by Crippen LogP contribution is -2.53. The summed E-state index contributed by atoms with van der Waals surface area (Å²) in [5.41, 5.74) is 3.68. The van der Waals surface area contributed by atoms with Crippen LogP contribution in [0.3, 0.4) is 0 Å². The number of aromatic nitrogens is 6. The lowest BCUT2D eigenvalue weighted by atomic mass is 9.97. The first-order valence-corrected chi connectivity index (χ1v) is 29.1. The van der Waals surface area contributed by atoms with Crippen molar-refractivity contribution < 1.29 is 37.0 Å². The van der Waals surface area contributed by atoms with E-state index < -0.39 is 32.8 Å². The molecule has 6 saturated heterocycles. The van der Waals surface area contributed by atoms with Gasteiger partial charge in [0.25, 0.3) is 11.8 Å². The summed E-state index contributed by atoms with van der Waals surface area (Å²) < 4.78 is 50.9. The molecule has 7 atom stereocenters. The van der Waals surface area contributed by atoms with Crippen LogP contribution in [-0.4, -0.2) is 188 Å². The molecule has 6 aliphatic heterocycles. The van der Waals surface area contributed by atoms with Crippen molar-refractivity contribution in [3.8, 4) is 22.5 Å². The molecule has 6 aromatic rings. The molecule has 22 heteroatoms. The third kappa shape index (κ3) is 9.98. The molecule has 12 rings (SSSR count). The van der Waals surface area contributed by atoms with Crippen molar-refractivity contribution in [3.05, 3.63) is 83.9 Å². The minimum absolute atomic E-state index is 0.0646. The number of pyridine rings is 2. The number of carbonyl (C=O) groups excluding carboxylic acids is 2. The zero-order chi connectivity index (χ0) is 52.1. The second-order valence-electron chi connectivity index (χ2n) is 20.8. The van der Waals surface area contributed by atoms with Gasteiger partial charge in [0.15, 0.2) is 11.3 Å². The van der Waals surface area contributed by atoms with Gasteiger partial charge in [-0.05, 0) is 75.2 Å². The zero-order valence-electron chi connectivity index (χ0n) is 42.9. The largest absolute Gasteiger partial charge is 0.377 e. The van der Waals surface area contributed by atoms with Crippen LogP contribution in [-0.2, 0) is 40.5 Å². The van der Waals surface area contributed by atoms with E-state index in [0.29, 0.717) is 148 Å². The molecule has 0 radical (unpaired) electrons. The van der Waals surface area contributed by atoms with Gasteiger partial charge in [0.1, 0.15) is 11.6 Å². The molecule has 2 aromatic carbocycles. The molecule has 20 nitrogen and oxygen atoms in total. The number of rotatable bonds is 10. The van der Waals surface area contributed by atoms with Crippen LogP contribution in [0.25, 0.3) is 44.6 Å². The molecule has 2 amide bonds. The van der Waals surface area contributed by atoms with E-state index in [-0.39, 0.29) is 35.7 Å². The smallest absolute Gasteiger partial charge is 0.251 e. The van der Waals surface area contributed by atoms with Crippen molar-refractivity contribution in [3.63, 3.8) is 0 Å². The van der Waals surface area contributed by atoms with Crippen molar-refractivity contribution in [2.75, 3.05) is 129 Å². The summed E-state index contributed by atoms with van der Waals surface area (Å²) in [4.78, 5) is 66.0. The molecule has 76 heavy (non-hydrogen) atoms. The monoisotopic (exact) mass is 1070 g/mol. The third-order valence-corrected chi connectivity index (χ3v) is 18.9. The van der Waals surface area contributed by atoms with E-state index in [0.717, 1.165) is 40.0 Å². The Morgan fingerprint density at radius 1 is 0.658 bits per heavy atom. The molecular weight excluding hydrogens is 1010 g/mol. The number of amides is 2. The molecule has 398 valence electrons. The Balaban J connectivity index is 0.763. The quantitative estimate of drug-likeness (QED) is 0.200. The van der Waals surface area contributed by atoms with Crippen LogP contribution < -0.4 is 30.2 Å². The van der Waals surface area contributed by atoms with Gasteiger partial charge in [-0.1, -0.05) is 24.3 Å². The highest BCUT2D eigenvalue weighted by Gasteiger charge is 2.49. The van der Waals surface area contributed by atoms with Crippen LogP contribution in [0.5, 0.6) is 0 Å². The standard InChI is InChI=1S/C54H62N12O8S2/c1-34-28-71-19-17-65(34)47-41-11-13-44(58-45(41)59-51(61-47)63-15-21-73-53(30-63)14-23-75(69)32-53)37-7-5-9-39(25-37)50(68)56-27-40-26-54(33-76(40)70)31-64(16-22-74-54)52-60-46-42(48(62-52)66-18-20-72-29-35(66)2)10-12-43(57-46)36-6-4-8-38(24-36)49(67)55-3/h4-13,24-25,34-35,40H,14-23,26-33H2,1-3H3,(H,55,67)(H,56,68)/t34-,35-,40?,53+,54-,75?,76?/m0/s1. The summed E-state index contributed by atoms with van der Waals surface area (Å²) >= 11 is 0. The molecule has 0 aliphatic carbocycles. The van der Waals surface area contributed by atoms with E-state index in [2.05, 4.69) is 44.1 Å². The number of carbonyl (C=O) groups is 2. The third-order valence-electron chi connectivity index (χ3n) is 15.5. The first-order valence-electron chi connectivity index (χ1n) is 26.2. The number of benzene rings is 2. The Hall–Kier alpha value is -6.30. The van der Waals surface area contributed by atoms with E-state index >= 15 is 0 Å². The van der Waals surface area contributed by atoms with Crippen molar-refractivity contribution in [2.45, 2.75) is 55.2 Å². The number of fused-ring (bicyclic) bond motifs is 2. The normalized spacial score (nSPS) is 27.0.